The molecule has 0 radical (unpaired) electrons. The fourth-order valence-electron chi connectivity index (χ4n) is 4.11. The number of benzene rings is 4. The first-order valence-electron chi connectivity index (χ1n) is 15.7. The molecule has 6 heteroatoms. The molecular weight excluding hydrogens is 548 g/mol. The fraction of sp³-hybridized carbons (Fsp3) is 0.316. The largest absolute Gasteiger partial charge is 0.494 e. The third-order valence-corrected chi connectivity index (χ3v) is 6.77. The maximum absolute atomic E-state index is 5.89. The van der Waals surface area contributed by atoms with E-state index in [2.05, 4.69) is 23.8 Å². The van der Waals surface area contributed by atoms with E-state index < -0.39 is 0 Å². The van der Waals surface area contributed by atoms with E-state index in [-0.39, 0.29) is 0 Å². The van der Waals surface area contributed by atoms with Gasteiger partial charge in [0.2, 0.25) is 0 Å². The van der Waals surface area contributed by atoms with Gasteiger partial charge in [0.05, 0.1) is 37.8 Å². The Balaban J connectivity index is 1.09. The van der Waals surface area contributed by atoms with Crippen LogP contribution < -0.4 is 18.9 Å². The minimum atomic E-state index is 0.637. The summed E-state index contributed by atoms with van der Waals surface area (Å²) in [4.78, 5) is 9.13. The number of rotatable bonds is 19. The van der Waals surface area contributed by atoms with Gasteiger partial charge in [-0.1, -0.05) is 26.7 Å². The van der Waals surface area contributed by atoms with Gasteiger partial charge in [0.1, 0.15) is 23.0 Å². The number of hydrogen-bond donors (Lipinski definition) is 0. The van der Waals surface area contributed by atoms with Crippen LogP contribution in [0.2, 0.25) is 0 Å². The molecule has 0 fully saturated rings. The molecule has 4 aromatic rings. The molecular formula is C38H44N2O4. The lowest BCUT2D eigenvalue weighted by Gasteiger charge is -2.08. The number of hydrogen-bond acceptors (Lipinski definition) is 6. The molecule has 0 heterocycles. The van der Waals surface area contributed by atoms with E-state index in [1.807, 2.05) is 109 Å². The molecule has 0 aromatic heterocycles. The van der Waals surface area contributed by atoms with Gasteiger partial charge in [0, 0.05) is 12.4 Å². The number of nitrogens with zero attached hydrogens (tertiary/aromatic N) is 2. The molecule has 6 nitrogen and oxygen atoms in total. The van der Waals surface area contributed by atoms with Crippen LogP contribution in [0.1, 0.15) is 63.5 Å². The third-order valence-electron chi connectivity index (χ3n) is 6.77. The molecule has 4 rings (SSSR count). The maximum atomic E-state index is 5.89. The average molecular weight is 593 g/mol. The molecule has 0 bridgehead atoms. The molecule has 0 spiro atoms. The molecule has 4 aromatic carbocycles. The highest BCUT2D eigenvalue weighted by molar-refractivity contribution is 5.82. The minimum Gasteiger partial charge on any atom is -0.494 e. The monoisotopic (exact) mass is 592 g/mol. The Bertz CT molecular complexity index is 1290. The van der Waals surface area contributed by atoms with Crippen LogP contribution in [-0.2, 0) is 0 Å². The molecule has 0 aliphatic rings. The molecule has 0 unspecified atom stereocenters. The second kappa shape index (κ2) is 18.9. The van der Waals surface area contributed by atoms with Gasteiger partial charge in [-0.15, -0.1) is 0 Å². The van der Waals surface area contributed by atoms with Gasteiger partial charge in [-0.25, -0.2) is 0 Å². The van der Waals surface area contributed by atoms with Crippen molar-refractivity contribution >= 4 is 23.8 Å². The Morgan fingerprint density at radius 3 is 1.02 bits per heavy atom. The molecule has 0 atom stereocenters. The molecule has 0 aliphatic carbocycles. The van der Waals surface area contributed by atoms with Gasteiger partial charge in [0.25, 0.3) is 0 Å². The second-order valence-electron chi connectivity index (χ2n) is 10.5. The van der Waals surface area contributed by atoms with Crippen LogP contribution in [0.3, 0.4) is 0 Å². The number of unbranched alkanes of at least 4 members (excludes halogenated alkanes) is 3. The van der Waals surface area contributed by atoms with Crippen molar-refractivity contribution in [3.63, 3.8) is 0 Å². The minimum absolute atomic E-state index is 0.637. The molecule has 0 saturated carbocycles. The van der Waals surface area contributed by atoms with Gasteiger partial charge in [-0.2, -0.15) is 0 Å². The van der Waals surface area contributed by atoms with Crippen molar-refractivity contribution in [2.45, 2.75) is 52.4 Å². The topological polar surface area (TPSA) is 61.6 Å². The first-order valence-corrected chi connectivity index (χ1v) is 15.7. The Kier molecular flexibility index (Phi) is 13.9. The van der Waals surface area contributed by atoms with E-state index >= 15 is 0 Å². The lowest BCUT2D eigenvalue weighted by atomic mass is 10.2. The summed E-state index contributed by atoms with van der Waals surface area (Å²) in [5.41, 5.74) is 3.83. The molecule has 0 amide bonds. The van der Waals surface area contributed by atoms with Crippen LogP contribution in [-0.4, -0.2) is 38.9 Å². The molecule has 44 heavy (non-hydrogen) atoms. The van der Waals surface area contributed by atoms with E-state index in [9.17, 15) is 0 Å². The maximum Gasteiger partial charge on any atom is 0.119 e. The van der Waals surface area contributed by atoms with E-state index in [1.54, 1.807) is 0 Å². The van der Waals surface area contributed by atoms with Gasteiger partial charge >= 0.3 is 0 Å². The van der Waals surface area contributed by atoms with E-state index in [1.165, 1.54) is 0 Å². The fourth-order valence-corrected chi connectivity index (χ4v) is 4.11. The van der Waals surface area contributed by atoms with Crippen LogP contribution in [0.25, 0.3) is 0 Å². The van der Waals surface area contributed by atoms with Crippen LogP contribution in [0, 0.1) is 0 Å². The molecule has 230 valence electrons. The van der Waals surface area contributed by atoms with Crippen molar-refractivity contribution in [1.82, 2.24) is 0 Å². The van der Waals surface area contributed by atoms with Crippen molar-refractivity contribution in [3.05, 3.63) is 108 Å². The van der Waals surface area contributed by atoms with Crippen LogP contribution in [0.4, 0.5) is 11.4 Å². The Morgan fingerprint density at radius 2 is 0.705 bits per heavy atom. The number of ether oxygens (including phenoxy) is 4. The Labute approximate surface area is 262 Å². The molecule has 0 aliphatic heterocycles. The summed E-state index contributed by atoms with van der Waals surface area (Å²) in [6, 6.07) is 31.7. The van der Waals surface area contributed by atoms with Gasteiger partial charge in [-0.3, -0.25) is 9.98 Å². The van der Waals surface area contributed by atoms with E-state index in [4.69, 9.17) is 18.9 Å². The summed E-state index contributed by atoms with van der Waals surface area (Å²) >= 11 is 0. The zero-order valence-electron chi connectivity index (χ0n) is 26.0. The Hall–Kier alpha value is -4.58. The summed E-state index contributed by atoms with van der Waals surface area (Å²) in [5, 5.41) is 0. The normalized spacial score (nSPS) is 11.2. The third kappa shape index (κ3) is 12.0. The van der Waals surface area contributed by atoms with Crippen molar-refractivity contribution in [2.75, 3.05) is 26.4 Å². The first-order chi connectivity index (χ1) is 21.7. The summed E-state index contributed by atoms with van der Waals surface area (Å²) in [5.74, 6) is 3.47. The van der Waals surface area contributed by atoms with E-state index in [0.29, 0.717) is 13.2 Å². The lowest BCUT2D eigenvalue weighted by molar-refractivity contribution is 0.266. The second-order valence-corrected chi connectivity index (χ2v) is 10.5. The van der Waals surface area contributed by atoms with Crippen LogP contribution >= 0.6 is 0 Å². The summed E-state index contributed by atoms with van der Waals surface area (Å²) in [6.07, 6.45) is 9.92. The number of aliphatic imine (C=N–C) groups is 2. The molecule has 0 N–H and O–H groups in total. The highest BCUT2D eigenvalue weighted by Gasteiger charge is 1.99. The van der Waals surface area contributed by atoms with Crippen LogP contribution in [0.15, 0.2) is 107 Å². The Morgan fingerprint density at radius 1 is 0.409 bits per heavy atom. The predicted octanol–water partition coefficient (Wildman–Crippen LogP) is 9.78. The predicted molar refractivity (Wildman–Crippen MR) is 181 cm³/mol. The standard InChI is InChI=1S/C38H44N2O4/c1-3-5-25-41-35-17-9-31(10-18-35)29-39-33-13-21-37(22-14-33)43-27-7-8-28-44-38-23-15-34(16-24-38)40-30-32-11-19-36(20-12-32)42-26-6-4-2/h9-24,29-30H,3-8,25-28H2,1-2H3. The lowest BCUT2D eigenvalue weighted by Crippen LogP contribution is -2.02. The van der Waals surface area contributed by atoms with Crippen molar-refractivity contribution in [2.24, 2.45) is 9.98 Å². The van der Waals surface area contributed by atoms with Crippen molar-refractivity contribution < 1.29 is 18.9 Å². The average Bonchev–Trinajstić information content (AvgIpc) is 3.07. The zero-order chi connectivity index (χ0) is 30.7. The van der Waals surface area contributed by atoms with E-state index in [0.717, 1.165) is 97.2 Å². The summed E-state index contributed by atoms with van der Waals surface area (Å²) in [6.45, 7) is 7.10. The molecule has 0 saturated heterocycles. The highest BCUT2D eigenvalue weighted by atomic mass is 16.5. The quantitative estimate of drug-likeness (QED) is 0.0803. The SMILES string of the molecule is CCCCOc1ccc(C=Nc2ccc(OCCCCOc3ccc(N=Cc4ccc(OCCCC)cc4)cc3)cc2)cc1. The van der Waals surface area contributed by atoms with Gasteiger partial charge in [0.15, 0.2) is 0 Å². The van der Waals surface area contributed by atoms with Crippen molar-refractivity contribution in [3.8, 4) is 23.0 Å². The van der Waals surface area contributed by atoms with Crippen molar-refractivity contribution in [1.29, 1.82) is 0 Å². The summed E-state index contributed by atoms with van der Waals surface area (Å²) < 4.78 is 23.2. The van der Waals surface area contributed by atoms with Gasteiger partial charge < -0.3 is 18.9 Å². The smallest absolute Gasteiger partial charge is 0.119 e. The van der Waals surface area contributed by atoms with Crippen LogP contribution in [0.5, 0.6) is 23.0 Å². The first kappa shape index (κ1) is 32.3. The summed E-state index contributed by atoms with van der Waals surface area (Å²) in [7, 11) is 0. The zero-order valence-corrected chi connectivity index (χ0v) is 26.0. The highest BCUT2D eigenvalue weighted by Crippen LogP contribution is 2.21. The van der Waals surface area contributed by atoms with Gasteiger partial charge in [-0.05, 0) is 134 Å².